The molecule has 7 heteroatoms. The fraction of sp³-hybridized carbons (Fsp3) is 0.533. The van der Waals surface area contributed by atoms with Gasteiger partial charge in [-0.25, -0.2) is 9.18 Å². The lowest BCUT2D eigenvalue weighted by Gasteiger charge is -2.36. The van der Waals surface area contributed by atoms with Crippen LogP contribution in [0.4, 0.5) is 10.1 Å². The van der Waals surface area contributed by atoms with E-state index in [4.69, 9.17) is 9.84 Å². The number of ether oxygens (including phenoxy) is 1. The van der Waals surface area contributed by atoms with Crippen molar-refractivity contribution in [2.45, 2.75) is 18.9 Å². The second-order valence-electron chi connectivity index (χ2n) is 5.69. The standard InChI is InChI=1S/C15H19FN2O3.ClH/c1-17-4-6-18(7-5-17)12-9-11(16)8-10-2-3-13(15(19)20)21-14(10)12;/h8-9,13H,2-7H2,1H3,(H,19,20);1H. The van der Waals surface area contributed by atoms with E-state index in [9.17, 15) is 9.18 Å². The van der Waals surface area contributed by atoms with Gasteiger partial charge in [0.15, 0.2) is 6.10 Å². The summed E-state index contributed by atoms with van der Waals surface area (Å²) in [5, 5.41) is 9.14. The average molecular weight is 331 g/mol. The number of hydrogen-bond acceptors (Lipinski definition) is 4. The average Bonchev–Trinajstić information content (AvgIpc) is 2.46. The first-order chi connectivity index (χ1) is 10.0. The van der Waals surface area contributed by atoms with Crippen LogP contribution in [0.25, 0.3) is 0 Å². The quantitative estimate of drug-likeness (QED) is 0.896. The van der Waals surface area contributed by atoms with Crippen LogP contribution in [0, 0.1) is 5.82 Å². The van der Waals surface area contributed by atoms with Gasteiger partial charge in [0.1, 0.15) is 11.6 Å². The minimum atomic E-state index is -0.964. The number of rotatable bonds is 2. The second-order valence-corrected chi connectivity index (χ2v) is 5.69. The zero-order chi connectivity index (χ0) is 15.0. The van der Waals surface area contributed by atoms with Crippen molar-refractivity contribution in [3.8, 4) is 5.75 Å². The molecule has 5 nitrogen and oxygen atoms in total. The van der Waals surface area contributed by atoms with Gasteiger partial charge in [-0.1, -0.05) is 0 Å². The number of carbonyl (C=O) groups is 1. The van der Waals surface area contributed by atoms with E-state index < -0.39 is 12.1 Å². The predicted molar refractivity (Wildman–Crippen MR) is 83.7 cm³/mol. The number of piperazine rings is 1. The van der Waals surface area contributed by atoms with Crippen molar-refractivity contribution in [2.24, 2.45) is 0 Å². The number of aryl methyl sites for hydroxylation is 1. The summed E-state index contributed by atoms with van der Waals surface area (Å²) in [7, 11) is 2.05. The molecule has 1 atom stereocenters. The maximum atomic E-state index is 13.8. The molecule has 122 valence electrons. The lowest BCUT2D eigenvalue weighted by molar-refractivity contribution is -0.145. The van der Waals surface area contributed by atoms with Crippen LogP contribution in [-0.4, -0.2) is 55.3 Å². The molecule has 2 aliphatic heterocycles. The largest absolute Gasteiger partial charge is 0.479 e. The summed E-state index contributed by atoms with van der Waals surface area (Å²) in [5.41, 5.74) is 1.45. The Morgan fingerprint density at radius 1 is 1.32 bits per heavy atom. The third-order valence-electron chi connectivity index (χ3n) is 4.17. The third kappa shape index (κ3) is 3.28. The number of carboxylic acid groups (broad SMARTS) is 1. The van der Waals surface area contributed by atoms with Gasteiger partial charge < -0.3 is 19.6 Å². The van der Waals surface area contributed by atoms with Gasteiger partial charge in [0.25, 0.3) is 0 Å². The van der Waals surface area contributed by atoms with Gasteiger partial charge in [-0.2, -0.15) is 0 Å². The van der Waals surface area contributed by atoms with Crippen LogP contribution in [0.15, 0.2) is 12.1 Å². The number of hydrogen-bond donors (Lipinski definition) is 1. The minimum absolute atomic E-state index is 0. The summed E-state index contributed by atoms with van der Waals surface area (Å²) in [6.45, 7) is 3.36. The highest BCUT2D eigenvalue weighted by molar-refractivity contribution is 5.85. The Balaban J connectivity index is 0.00000176. The molecule has 1 aromatic rings. The van der Waals surface area contributed by atoms with Crippen molar-refractivity contribution in [3.05, 3.63) is 23.5 Å². The van der Waals surface area contributed by atoms with E-state index in [0.717, 1.165) is 31.7 Å². The van der Waals surface area contributed by atoms with Crippen molar-refractivity contribution in [2.75, 3.05) is 38.1 Å². The highest BCUT2D eigenvalue weighted by Gasteiger charge is 2.30. The molecular weight excluding hydrogens is 311 g/mol. The molecule has 1 N–H and O–H groups in total. The van der Waals surface area contributed by atoms with Crippen LogP contribution in [0.1, 0.15) is 12.0 Å². The van der Waals surface area contributed by atoms with Crippen LogP contribution >= 0.6 is 12.4 Å². The van der Waals surface area contributed by atoms with Crippen LogP contribution in [-0.2, 0) is 11.2 Å². The lowest BCUT2D eigenvalue weighted by atomic mass is 10.0. The summed E-state index contributed by atoms with van der Waals surface area (Å²) in [6, 6.07) is 2.90. The van der Waals surface area contributed by atoms with Gasteiger partial charge in [0.2, 0.25) is 0 Å². The molecule has 0 bridgehead atoms. The molecule has 2 heterocycles. The predicted octanol–water partition coefficient (Wildman–Crippen LogP) is 1.78. The Morgan fingerprint density at radius 3 is 2.64 bits per heavy atom. The van der Waals surface area contributed by atoms with E-state index in [1.54, 1.807) is 0 Å². The maximum absolute atomic E-state index is 13.8. The van der Waals surface area contributed by atoms with Crippen LogP contribution in [0.5, 0.6) is 5.75 Å². The molecule has 0 radical (unpaired) electrons. The molecule has 1 saturated heterocycles. The molecule has 22 heavy (non-hydrogen) atoms. The first-order valence-electron chi connectivity index (χ1n) is 7.20. The zero-order valence-corrected chi connectivity index (χ0v) is 13.2. The molecule has 0 amide bonds. The Bertz CT molecular complexity index is 562. The van der Waals surface area contributed by atoms with E-state index in [1.807, 2.05) is 0 Å². The summed E-state index contributed by atoms with van der Waals surface area (Å²) in [4.78, 5) is 15.4. The molecule has 2 aliphatic rings. The summed E-state index contributed by atoms with van der Waals surface area (Å²) in [6.07, 6.45) is 0.0767. The molecular formula is C15H20ClFN2O3. The Morgan fingerprint density at radius 2 is 2.00 bits per heavy atom. The molecule has 3 rings (SSSR count). The normalized spacial score (nSPS) is 21.5. The zero-order valence-electron chi connectivity index (χ0n) is 12.4. The number of carboxylic acids is 1. The highest BCUT2D eigenvalue weighted by atomic mass is 35.5. The number of likely N-dealkylation sites (N-methyl/N-ethyl adjacent to an activating group) is 1. The Labute approximate surface area is 135 Å². The van der Waals surface area contributed by atoms with Crippen LogP contribution in [0.2, 0.25) is 0 Å². The van der Waals surface area contributed by atoms with Gasteiger partial charge >= 0.3 is 5.97 Å². The van der Waals surface area contributed by atoms with Crippen molar-refractivity contribution in [3.63, 3.8) is 0 Å². The van der Waals surface area contributed by atoms with E-state index in [0.29, 0.717) is 24.3 Å². The first kappa shape index (κ1) is 16.8. The fourth-order valence-corrected chi connectivity index (χ4v) is 2.90. The lowest BCUT2D eigenvalue weighted by Crippen LogP contribution is -2.45. The van der Waals surface area contributed by atoms with Gasteiger partial charge in [-0.3, -0.25) is 0 Å². The van der Waals surface area contributed by atoms with E-state index in [-0.39, 0.29) is 18.2 Å². The first-order valence-corrected chi connectivity index (χ1v) is 7.20. The molecule has 0 aromatic heterocycles. The number of anilines is 1. The van der Waals surface area contributed by atoms with Gasteiger partial charge in [-0.15, -0.1) is 12.4 Å². The SMILES string of the molecule is CN1CCN(c2cc(F)cc3c2OC(C(=O)O)CC3)CC1.Cl. The van der Waals surface area contributed by atoms with Crippen molar-refractivity contribution in [1.82, 2.24) is 4.90 Å². The third-order valence-corrected chi connectivity index (χ3v) is 4.17. The summed E-state index contributed by atoms with van der Waals surface area (Å²) >= 11 is 0. The van der Waals surface area contributed by atoms with Crippen molar-refractivity contribution < 1.29 is 19.0 Å². The number of halogens is 2. The van der Waals surface area contributed by atoms with E-state index >= 15 is 0 Å². The number of aliphatic carboxylic acids is 1. The Hall–Kier alpha value is -1.53. The smallest absolute Gasteiger partial charge is 0.344 e. The van der Waals surface area contributed by atoms with E-state index in [1.165, 1.54) is 12.1 Å². The monoisotopic (exact) mass is 330 g/mol. The van der Waals surface area contributed by atoms with Crippen molar-refractivity contribution in [1.29, 1.82) is 0 Å². The maximum Gasteiger partial charge on any atom is 0.344 e. The molecule has 0 spiro atoms. The summed E-state index contributed by atoms with van der Waals surface area (Å²) < 4.78 is 19.5. The van der Waals surface area contributed by atoms with Crippen LogP contribution < -0.4 is 9.64 Å². The van der Waals surface area contributed by atoms with Gasteiger partial charge in [0, 0.05) is 32.2 Å². The fourth-order valence-electron chi connectivity index (χ4n) is 2.90. The highest BCUT2D eigenvalue weighted by Crippen LogP contribution is 2.38. The summed E-state index contributed by atoms with van der Waals surface area (Å²) in [5.74, 6) is -0.714. The minimum Gasteiger partial charge on any atom is -0.479 e. The molecule has 1 aromatic carbocycles. The number of benzene rings is 1. The molecule has 1 unspecified atom stereocenters. The Kier molecular flexibility index (Phi) is 5.13. The van der Waals surface area contributed by atoms with Gasteiger partial charge in [-0.05, 0) is 31.5 Å². The molecule has 0 saturated carbocycles. The van der Waals surface area contributed by atoms with Gasteiger partial charge in [0.05, 0.1) is 5.69 Å². The topological polar surface area (TPSA) is 53.0 Å². The molecule has 0 aliphatic carbocycles. The van der Waals surface area contributed by atoms with Crippen LogP contribution in [0.3, 0.4) is 0 Å². The van der Waals surface area contributed by atoms with Crippen molar-refractivity contribution >= 4 is 24.1 Å². The molecule has 1 fully saturated rings. The van der Waals surface area contributed by atoms with E-state index in [2.05, 4.69) is 16.8 Å². The second kappa shape index (κ2) is 6.71. The number of nitrogens with zero attached hydrogens (tertiary/aromatic N) is 2. The number of fused-ring (bicyclic) bond motifs is 1.